The lowest BCUT2D eigenvalue weighted by atomic mass is 10.1. The molecule has 0 aliphatic heterocycles. The van der Waals surface area contributed by atoms with Gasteiger partial charge in [-0.3, -0.25) is 14.9 Å². The predicted octanol–water partition coefficient (Wildman–Crippen LogP) is 2.95. The normalized spacial score (nSPS) is 13.6. The summed E-state index contributed by atoms with van der Waals surface area (Å²) in [4.78, 5) is 28.5. The van der Waals surface area contributed by atoms with Crippen molar-refractivity contribution in [3.63, 3.8) is 0 Å². The average molecular weight is 381 g/mol. The Bertz CT molecular complexity index is 993. The number of nitrogens with zero attached hydrogens (tertiary/aromatic N) is 3. The van der Waals surface area contributed by atoms with E-state index in [1.807, 2.05) is 35.0 Å². The van der Waals surface area contributed by atoms with Gasteiger partial charge in [-0.25, -0.2) is 9.67 Å². The number of amides is 2. The Kier molecular flexibility index (Phi) is 4.72. The van der Waals surface area contributed by atoms with Gasteiger partial charge in [0.1, 0.15) is 4.88 Å². The smallest absolute Gasteiger partial charge is 0.278 e. The van der Waals surface area contributed by atoms with Gasteiger partial charge in [-0.15, -0.1) is 0 Å². The number of rotatable bonds is 4. The van der Waals surface area contributed by atoms with Crippen molar-refractivity contribution >= 4 is 28.3 Å². The van der Waals surface area contributed by atoms with E-state index < -0.39 is 5.91 Å². The van der Waals surface area contributed by atoms with Crippen molar-refractivity contribution in [2.45, 2.75) is 32.1 Å². The topological polar surface area (TPSA) is 103 Å². The van der Waals surface area contributed by atoms with Gasteiger partial charge in [0, 0.05) is 11.3 Å². The van der Waals surface area contributed by atoms with Crippen LogP contribution in [0.15, 0.2) is 36.5 Å². The molecule has 7 nitrogen and oxygen atoms in total. The largest absolute Gasteiger partial charge is 0.365 e. The lowest BCUT2D eigenvalue weighted by molar-refractivity contribution is 0.0999. The quantitative estimate of drug-likeness (QED) is 0.678. The minimum atomic E-state index is -0.560. The summed E-state index contributed by atoms with van der Waals surface area (Å²) in [6, 6.07) is 9.85. The second-order valence-corrected chi connectivity index (χ2v) is 7.46. The van der Waals surface area contributed by atoms with Gasteiger partial charge in [0.25, 0.3) is 11.8 Å². The summed E-state index contributed by atoms with van der Waals surface area (Å²) >= 11 is 1.06. The Hall–Kier alpha value is -3.00. The molecule has 0 spiro atoms. The number of aromatic nitrogens is 3. The third kappa shape index (κ3) is 3.48. The maximum Gasteiger partial charge on any atom is 0.278 e. The highest BCUT2D eigenvalue weighted by molar-refractivity contribution is 7.17. The second-order valence-electron chi connectivity index (χ2n) is 6.43. The van der Waals surface area contributed by atoms with Crippen molar-refractivity contribution in [3.8, 4) is 5.69 Å². The molecule has 1 aliphatic carbocycles. The van der Waals surface area contributed by atoms with Crippen molar-refractivity contribution in [1.82, 2.24) is 14.8 Å². The number of carbonyl (C=O) groups excluding carboxylic acids is 2. The molecule has 8 heteroatoms. The maximum absolute atomic E-state index is 12.9. The van der Waals surface area contributed by atoms with Gasteiger partial charge in [-0.2, -0.15) is 5.10 Å². The lowest BCUT2D eigenvalue weighted by Crippen LogP contribution is -2.15. The Balaban J connectivity index is 1.70. The third-order valence-electron chi connectivity index (χ3n) is 4.62. The Morgan fingerprint density at radius 2 is 1.89 bits per heavy atom. The highest BCUT2D eigenvalue weighted by Crippen LogP contribution is 2.27. The van der Waals surface area contributed by atoms with Crippen LogP contribution in [0.2, 0.25) is 0 Å². The van der Waals surface area contributed by atoms with E-state index in [2.05, 4.69) is 15.4 Å². The molecule has 1 aliphatic rings. The first kappa shape index (κ1) is 17.4. The van der Waals surface area contributed by atoms with Crippen molar-refractivity contribution in [2.24, 2.45) is 5.73 Å². The van der Waals surface area contributed by atoms with E-state index in [1.165, 1.54) is 6.20 Å². The summed E-state index contributed by atoms with van der Waals surface area (Å²) < 4.78 is 1.88. The van der Waals surface area contributed by atoms with Gasteiger partial charge >= 0.3 is 0 Å². The molecule has 0 bridgehead atoms. The van der Waals surface area contributed by atoms with Crippen LogP contribution in [-0.4, -0.2) is 26.6 Å². The van der Waals surface area contributed by atoms with E-state index in [1.54, 1.807) is 0 Å². The van der Waals surface area contributed by atoms with E-state index in [0.29, 0.717) is 15.7 Å². The van der Waals surface area contributed by atoms with E-state index in [9.17, 15) is 9.59 Å². The van der Waals surface area contributed by atoms with Crippen LogP contribution in [0.1, 0.15) is 50.7 Å². The molecule has 2 heterocycles. The minimum Gasteiger partial charge on any atom is -0.365 e. The number of hydrogen-bond acceptors (Lipinski definition) is 5. The fourth-order valence-electron chi connectivity index (χ4n) is 3.34. The number of nitrogens with two attached hydrogens (primary N) is 1. The highest BCUT2D eigenvalue weighted by Gasteiger charge is 2.25. The molecule has 0 fully saturated rings. The van der Waals surface area contributed by atoms with Gasteiger partial charge in [0.15, 0.2) is 10.8 Å². The molecule has 2 amide bonds. The summed E-state index contributed by atoms with van der Waals surface area (Å²) in [5.41, 5.74) is 8.71. The summed E-state index contributed by atoms with van der Waals surface area (Å²) in [7, 11) is 0. The zero-order chi connectivity index (χ0) is 18.8. The molecule has 4 rings (SSSR count). The number of para-hydroxylation sites is 1. The molecule has 0 radical (unpaired) electrons. The third-order valence-corrected chi connectivity index (χ3v) is 5.54. The first-order chi connectivity index (χ1) is 13.1. The van der Waals surface area contributed by atoms with Gasteiger partial charge in [0.05, 0.1) is 11.9 Å². The number of carbonyl (C=O) groups is 2. The molecule has 1 aromatic carbocycles. The van der Waals surface area contributed by atoms with E-state index in [4.69, 9.17) is 5.73 Å². The minimum absolute atomic E-state index is 0.305. The second kappa shape index (κ2) is 7.32. The zero-order valence-corrected chi connectivity index (χ0v) is 15.5. The molecule has 138 valence electrons. The number of fused-ring (bicyclic) bond motifs is 1. The van der Waals surface area contributed by atoms with E-state index in [-0.39, 0.29) is 5.91 Å². The van der Waals surface area contributed by atoms with E-state index >= 15 is 0 Å². The van der Waals surface area contributed by atoms with Crippen molar-refractivity contribution in [1.29, 1.82) is 0 Å². The van der Waals surface area contributed by atoms with Crippen LogP contribution in [0.5, 0.6) is 0 Å². The van der Waals surface area contributed by atoms with Crippen LogP contribution < -0.4 is 11.1 Å². The van der Waals surface area contributed by atoms with Crippen molar-refractivity contribution in [2.75, 3.05) is 5.32 Å². The molecule has 0 unspecified atom stereocenters. The summed E-state index contributed by atoms with van der Waals surface area (Å²) in [5, 5.41) is 7.72. The van der Waals surface area contributed by atoms with Crippen molar-refractivity contribution in [3.05, 3.63) is 58.4 Å². The van der Waals surface area contributed by atoms with Gasteiger partial charge in [0.2, 0.25) is 0 Å². The molecule has 0 saturated heterocycles. The Morgan fingerprint density at radius 1 is 1.11 bits per heavy atom. The fourth-order valence-corrected chi connectivity index (χ4v) is 4.01. The van der Waals surface area contributed by atoms with Crippen LogP contribution in [0.25, 0.3) is 5.69 Å². The molecule has 3 aromatic rings. The number of nitrogens with one attached hydrogen (secondary N) is 1. The lowest BCUT2D eigenvalue weighted by Gasteiger charge is -2.06. The molecule has 3 N–H and O–H groups in total. The first-order valence-electron chi connectivity index (χ1n) is 8.86. The average Bonchev–Trinajstić information content (AvgIpc) is 3.20. The molecule has 2 aromatic heterocycles. The predicted molar refractivity (Wildman–Crippen MR) is 103 cm³/mol. The number of anilines is 1. The summed E-state index contributed by atoms with van der Waals surface area (Å²) in [5.74, 6) is -0.872. The molecular weight excluding hydrogens is 362 g/mol. The molecule has 0 atom stereocenters. The van der Waals surface area contributed by atoms with Crippen molar-refractivity contribution < 1.29 is 9.59 Å². The molecular formula is C19H19N5O2S. The first-order valence-corrected chi connectivity index (χ1v) is 9.68. The number of benzene rings is 1. The van der Waals surface area contributed by atoms with Gasteiger partial charge in [-0.1, -0.05) is 36.0 Å². The van der Waals surface area contributed by atoms with Gasteiger partial charge < -0.3 is 5.73 Å². The summed E-state index contributed by atoms with van der Waals surface area (Å²) in [6.07, 6.45) is 6.35. The number of primary amides is 1. The number of thiazole rings is 1. The fraction of sp³-hybridized carbons (Fsp3) is 0.263. The Morgan fingerprint density at radius 3 is 2.63 bits per heavy atom. The van der Waals surface area contributed by atoms with Gasteiger partial charge in [-0.05, 0) is 37.8 Å². The van der Waals surface area contributed by atoms with Crippen LogP contribution in [0.4, 0.5) is 5.13 Å². The Labute approximate surface area is 160 Å². The summed E-state index contributed by atoms with van der Waals surface area (Å²) in [6.45, 7) is 0. The zero-order valence-electron chi connectivity index (χ0n) is 14.6. The number of hydrogen-bond donors (Lipinski definition) is 2. The SMILES string of the molecule is NC(=O)c1cnc(NC(=O)c2nn(-c3ccccc3)c3c2CCCCC3)s1. The van der Waals surface area contributed by atoms with Crippen LogP contribution in [0, 0.1) is 0 Å². The standard InChI is InChI=1S/C19H19N5O2S/c20-17(25)15-11-21-19(27-15)22-18(26)16-13-9-5-2-6-10-14(13)24(23-16)12-7-3-1-4-8-12/h1,3-4,7-8,11H,2,5-6,9-10H2,(H2,20,25)(H,21,22,26). The van der Waals surface area contributed by atoms with Crippen LogP contribution >= 0.6 is 11.3 Å². The maximum atomic E-state index is 12.9. The van der Waals surface area contributed by atoms with Crippen LogP contribution in [-0.2, 0) is 12.8 Å². The molecule has 0 saturated carbocycles. The van der Waals surface area contributed by atoms with Crippen LogP contribution in [0.3, 0.4) is 0 Å². The van der Waals surface area contributed by atoms with E-state index in [0.717, 1.165) is 60.4 Å². The monoisotopic (exact) mass is 381 g/mol. The highest BCUT2D eigenvalue weighted by atomic mass is 32.1. The molecule has 27 heavy (non-hydrogen) atoms.